The van der Waals surface area contributed by atoms with Gasteiger partial charge in [0.05, 0.1) is 5.71 Å². The van der Waals surface area contributed by atoms with E-state index in [2.05, 4.69) is 35.8 Å². The van der Waals surface area contributed by atoms with Crippen LogP contribution >= 0.6 is 12.2 Å². The van der Waals surface area contributed by atoms with Crippen LogP contribution in [-0.2, 0) is 9.53 Å². The highest BCUT2D eigenvalue weighted by Crippen LogP contribution is 2.65. The molecule has 182 valence electrons. The summed E-state index contributed by atoms with van der Waals surface area (Å²) in [5.41, 5.74) is 7.07. The van der Waals surface area contributed by atoms with Crippen molar-refractivity contribution in [1.29, 1.82) is 0 Å². The van der Waals surface area contributed by atoms with Crippen LogP contribution in [0, 0.1) is 28.6 Å². The zero-order valence-corrected chi connectivity index (χ0v) is 21.4. The number of fused-ring (bicyclic) bond motifs is 5. The van der Waals surface area contributed by atoms with Crippen LogP contribution < -0.4 is 10.7 Å². The lowest BCUT2D eigenvalue weighted by Gasteiger charge is -2.58. The summed E-state index contributed by atoms with van der Waals surface area (Å²) >= 11 is 5.43. The van der Waals surface area contributed by atoms with Crippen molar-refractivity contribution >= 4 is 34.7 Å². The van der Waals surface area contributed by atoms with Crippen molar-refractivity contribution in [3.8, 4) is 0 Å². The molecule has 0 heterocycles. The average Bonchev–Trinajstić information content (AvgIpc) is 3.14. The Kier molecular flexibility index (Phi) is 6.30. The fourth-order valence-electron chi connectivity index (χ4n) is 7.81. The van der Waals surface area contributed by atoms with Gasteiger partial charge in [-0.15, -0.1) is 0 Å². The smallest absolute Gasteiger partial charge is 0.302 e. The summed E-state index contributed by atoms with van der Waals surface area (Å²) in [6, 6.07) is 9.92. The number of hydrogen-bond donors (Lipinski definition) is 2. The Balaban J connectivity index is 1.27. The van der Waals surface area contributed by atoms with Gasteiger partial charge in [-0.05, 0) is 105 Å². The first-order valence-electron chi connectivity index (χ1n) is 12.9. The van der Waals surface area contributed by atoms with E-state index in [4.69, 9.17) is 17.0 Å². The van der Waals surface area contributed by atoms with Crippen molar-refractivity contribution in [3.05, 3.63) is 42.0 Å². The minimum Gasteiger partial charge on any atom is -0.462 e. The number of carbonyl (C=O) groups excluding carboxylic acids is 1. The minimum atomic E-state index is -0.124. The first-order valence-corrected chi connectivity index (χ1v) is 13.3. The molecule has 3 saturated carbocycles. The number of esters is 1. The summed E-state index contributed by atoms with van der Waals surface area (Å²) in [6.07, 6.45) is 11.6. The average molecular weight is 480 g/mol. The molecule has 0 amide bonds. The maximum Gasteiger partial charge on any atom is 0.302 e. The topological polar surface area (TPSA) is 62.7 Å². The highest BCUT2D eigenvalue weighted by atomic mass is 32.1. The highest BCUT2D eigenvalue weighted by Gasteiger charge is 2.59. The maximum absolute atomic E-state index is 11.7. The van der Waals surface area contributed by atoms with E-state index in [-0.39, 0.29) is 22.9 Å². The van der Waals surface area contributed by atoms with Gasteiger partial charge in [0, 0.05) is 18.0 Å². The van der Waals surface area contributed by atoms with Crippen molar-refractivity contribution in [1.82, 2.24) is 5.43 Å². The molecule has 2 N–H and O–H groups in total. The lowest BCUT2D eigenvalue weighted by molar-refractivity contribution is -0.157. The van der Waals surface area contributed by atoms with E-state index < -0.39 is 0 Å². The molecular weight excluding hydrogens is 442 g/mol. The normalized spacial score (nSPS) is 37.6. The standard InChI is InChI=1S/C28H37N3O2S/c1-18(32)33-25-12-11-23-22-10-9-19-17-21(30-31-26(34)29-20-7-5-4-6-8-20)13-15-27(19,2)24(22)14-16-28(23,25)3/h4-8,17,22-25H,9-16H2,1-3H3,(H2,29,31,34)/b30-21-/t22-,23-,24-,25+,27-,28-/m0/s1. The van der Waals surface area contributed by atoms with E-state index in [9.17, 15) is 4.79 Å². The van der Waals surface area contributed by atoms with Crippen LogP contribution in [-0.4, -0.2) is 22.9 Å². The first-order chi connectivity index (χ1) is 16.3. The second kappa shape index (κ2) is 9.10. The molecule has 0 radical (unpaired) electrons. The molecule has 0 spiro atoms. The van der Waals surface area contributed by atoms with Crippen molar-refractivity contribution in [3.63, 3.8) is 0 Å². The molecule has 5 rings (SSSR count). The zero-order valence-electron chi connectivity index (χ0n) is 20.6. The van der Waals surface area contributed by atoms with E-state index >= 15 is 0 Å². The molecule has 6 heteroatoms. The largest absolute Gasteiger partial charge is 0.462 e. The van der Waals surface area contributed by atoms with E-state index in [1.807, 2.05) is 30.3 Å². The number of nitrogens with zero attached hydrogens (tertiary/aromatic N) is 1. The van der Waals surface area contributed by atoms with Crippen molar-refractivity contribution in [2.24, 2.45) is 33.7 Å². The molecule has 1 aromatic rings. The second-order valence-electron chi connectivity index (χ2n) is 11.3. The van der Waals surface area contributed by atoms with E-state index in [1.165, 1.54) is 25.7 Å². The number of carbonyl (C=O) groups is 1. The number of nitrogens with one attached hydrogen (secondary N) is 2. The third kappa shape index (κ3) is 4.19. The van der Waals surface area contributed by atoms with Gasteiger partial charge in [-0.25, -0.2) is 0 Å². The van der Waals surface area contributed by atoms with Gasteiger partial charge in [0.15, 0.2) is 5.11 Å². The molecule has 5 nitrogen and oxygen atoms in total. The molecular formula is C28H37N3O2S. The molecule has 3 fully saturated rings. The predicted molar refractivity (Wildman–Crippen MR) is 140 cm³/mol. The molecule has 0 aliphatic heterocycles. The molecule has 0 bridgehead atoms. The minimum absolute atomic E-state index is 0.102. The van der Waals surface area contributed by atoms with E-state index in [1.54, 1.807) is 12.5 Å². The number of benzene rings is 1. The third-order valence-electron chi connectivity index (χ3n) is 9.53. The number of allylic oxidation sites excluding steroid dienone is 2. The lowest BCUT2D eigenvalue weighted by Crippen LogP contribution is -2.51. The van der Waals surface area contributed by atoms with Crippen molar-refractivity contribution in [2.45, 2.75) is 78.2 Å². The van der Waals surface area contributed by atoms with Gasteiger partial charge in [-0.1, -0.05) is 37.6 Å². The van der Waals surface area contributed by atoms with Crippen LogP contribution in [0.2, 0.25) is 0 Å². The molecule has 4 aliphatic carbocycles. The van der Waals surface area contributed by atoms with Crippen LogP contribution in [0.3, 0.4) is 0 Å². The molecule has 1 aromatic carbocycles. The monoisotopic (exact) mass is 479 g/mol. The number of rotatable bonds is 3. The van der Waals surface area contributed by atoms with Gasteiger partial charge < -0.3 is 10.1 Å². The van der Waals surface area contributed by atoms with Crippen LogP contribution in [0.25, 0.3) is 0 Å². The Morgan fingerprint density at radius 1 is 1.06 bits per heavy atom. The van der Waals surface area contributed by atoms with Gasteiger partial charge in [0.2, 0.25) is 0 Å². The molecule has 0 saturated heterocycles. The van der Waals surface area contributed by atoms with E-state index in [0.29, 0.717) is 11.0 Å². The fourth-order valence-corrected chi connectivity index (χ4v) is 7.97. The van der Waals surface area contributed by atoms with Crippen LogP contribution in [0.4, 0.5) is 5.69 Å². The lowest BCUT2D eigenvalue weighted by atomic mass is 9.47. The van der Waals surface area contributed by atoms with Crippen LogP contribution in [0.5, 0.6) is 0 Å². The number of para-hydroxylation sites is 1. The Labute approximate surface area is 208 Å². The number of ether oxygens (including phenoxy) is 1. The molecule has 34 heavy (non-hydrogen) atoms. The second-order valence-corrected chi connectivity index (χ2v) is 11.7. The van der Waals surface area contributed by atoms with Gasteiger partial charge in [0.25, 0.3) is 0 Å². The summed E-state index contributed by atoms with van der Waals surface area (Å²) in [5, 5.41) is 8.35. The third-order valence-corrected chi connectivity index (χ3v) is 9.72. The predicted octanol–water partition coefficient (Wildman–Crippen LogP) is 6.22. The SMILES string of the molecule is CC(=O)O[C@@H]1CC[C@H]2[C@@H]3CCC4=C/C(=N\NC(=S)Nc5ccccc5)CC[C@]4(C)[C@H]3CC[C@]12C. The number of hydrogen-bond acceptors (Lipinski definition) is 4. The van der Waals surface area contributed by atoms with Gasteiger partial charge in [-0.2, -0.15) is 5.10 Å². The molecule has 0 unspecified atom stereocenters. The summed E-state index contributed by atoms with van der Waals surface area (Å²) in [4.78, 5) is 11.7. The zero-order chi connectivity index (χ0) is 23.9. The summed E-state index contributed by atoms with van der Waals surface area (Å²) < 4.78 is 5.80. The molecule has 4 aliphatic rings. The number of hydrazone groups is 1. The van der Waals surface area contributed by atoms with Gasteiger partial charge in [0.1, 0.15) is 6.10 Å². The molecule has 0 aromatic heterocycles. The fraction of sp³-hybridized carbons (Fsp3) is 0.607. The Morgan fingerprint density at radius 3 is 2.62 bits per heavy atom. The summed E-state index contributed by atoms with van der Waals surface area (Å²) in [6.45, 7) is 6.45. The number of thiocarbonyl (C=S) groups is 1. The summed E-state index contributed by atoms with van der Waals surface area (Å²) in [5.74, 6) is 2.01. The van der Waals surface area contributed by atoms with Crippen molar-refractivity contribution in [2.75, 3.05) is 5.32 Å². The Hall–Kier alpha value is -2.21. The van der Waals surface area contributed by atoms with Crippen LogP contribution in [0.1, 0.15) is 72.1 Å². The Morgan fingerprint density at radius 2 is 1.85 bits per heavy atom. The van der Waals surface area contributed by atoms with Gasteiger partial charge >= 0.3 is 5.97 Å². The molecule has 6 atom stereocenters. The number of anilines is 1. The van der Waals surface area contributed by atoms with E-state index in [0.717, 1.165) is 48.9 Å². The van der Waals surface area contributed by atoms with Gasteiger partial charge in [-0.3, -0.25) is 10.2 Å². The first kappa shape index (κ1) is 23.5. The highest BCUT2D eigenvalue weighted by molar-refractivity contribution is 7.80. The Bertz CT molecular complexity index is 1020. The summed E-state index contributed by atoms with van der Waals surface area (Å²) in [7, 11) is 0. The maximum atomic E-state index is 11.7. The quantitative estimate of drug-likeness (QED) is 0.306. The van der Waals surface area contributed by atoms with Crippen LogP contribution in [0.15, 0.2) is 47.1 Å². The van der Waals surface area contributed by atoms with Crippen molar-refractivity contribution < 1.29 is 9.53 Å².